The summed E-state index contributed by atoms with van der Waals surface area (Å²) in [5, 5.41) is 10.2. The summed E-state index contributed by atoms with van der Waals surface area (Å²) in [5.74, 6) is -0.460. The van der Waals surface area contributed by atoms with Gasteiger partial charge in [0.2, 0.25) is 11.8 Å². The molecule has 3 atom stereocenters. The van der Waals surface area contributed by atoms with Crippen LogP contribution in [0.2, 0.25) is 0 Å². The summed E-state index contributed by atoms with van der Waals surface area (Å²) in [4.78, 5) is 25.8. The van der Waals surface area contributed by atoms with Crippen LogP contribution in [-0.4, -0.2) is 47.7 Å². The third-order valence-electron chi connectivity index (χ3n) is 4.28. The van der Waals surface area contributed by atoms with Crippen molar-refractivity contribution >= 4 is 11.8 Å². The van der Waals surface area contributed by atoms with E-state index >= 15 is 0 Å². The predicted octanol–water partition coefficient (Wildman–Crippen LogP) is 0.949. The Kier molecular flexibility index (Phi) is 4.26. The molecule has 3 unspecified atom stereocenters. The smallest absolute Gasteiger partial charge is 0.233 e. The van der Waals surface area contributed by atoms with Crippen molar-refractivity contribution in [1.82, 2.24) is 4.90 Å². The fourth-order valence-corrected chi connectivity index (χ4v) is 3.13. The summed E-state index contributed by atoms with van der Waals surface area (Å²) < 4.78 is 4.94. The Labute approximate surface area is 113 Å². The second-order valence-electron chi connectivity index (χ2n) is 6.00. The first-order chi connectivity index (χ1) is 8.96. The fraction of sp³-hybridized carbons (Fsp3) is 0.857. The summed E-state index contributed by atoms with van der Waals surface area (Å²) in [5.41, 5.74) is -1.07. The summed E-state index contributed by atoms with van der Waals surface area (Å²) in [6.07, 6.45) is 4.08. The third-order valence-corrected chi connectivity index (χ3v) is 4.28. The molecule has 2 amide bonds. The quantitative estimate of drug-likeness (QED) is 0.755. The molecule has 19 heavy (non-hydrogen) atoms. The lowest BCUT2D eigenvalue weighted by Crippen LogP contribution is -2.44. The molecule has 2 fully saturated rings. The first kappa shape index (κ1) is 14.5. The van der Waals surface area contributed by atoms with Gasteiger partial charge in [-0.25, -0.2) is 0 Å². The van der Waals surface area contributed by atoms with Gasteiger partial charge in [-0.2, -0.15) is 0 Å². The van der Waals surface area contributed by atoms with Gasteiger partial charge >= 0.3 is 0 Å². The van der Waals surface area contributed by atoms with Gasteiger partial charge in [-0.1, -0.05) is 12.8 Å². The Morgan fingerprint density at radius 1 is 1.26 bits per heavy atom. The van der Waals surface area contributed by atoms with Gasteiger partial charge in [-0.3, -0.25) is 14.5 Å². The maximum Gasteiger partial charge on any atom is 0.233 e. The monoisotopic (exact) mass is 269 g/mol. The number of hydrogen-bond acceptors (Lipinski definition) is 4. The van der Waals surface area contributed by atoms with Crippen LogP contribution >= 0.6 is 0 Å². The first-order valence-electron chi connectivity index (χ1n) is 7.03. The van der Waals surface area contributed by atoms with E-state index in [1.165, 1.54) is 4.90 Å². The molecule has 1 aliphatic carbocycles. The van der Waals surface area contributed by atoms with E-state index in [9.17, 15) is 14.7 Å². The average Bonchev–Trinajstić information content (AvgIpc) is 2.62. The van der Waals surface area contributed by atoms with Gasteiger partial charge in [0.1, 0.15) is 0 Å². The number of ether oxygens (including phenoxy) is 1. The molecule has 0 aromatic rings. The van der Waals surface area contributed by atoms with Crippen LogP contribution in [0.3, 0.4) is 0 Å². The van der Waals surface area contributed by atoms with Crippen LogP contribution in [0.1, 0.15) is 39.0 Å². The number of rotatable bonds is 5. The van der Waals surface area contributed by atoms with Crippen LogP contribution in [0.25, 0.3) is 0 Å². The highest BCUT2D eigenvalue weighted by atomic mass is 16.5. The highest BCUT2D eigenvalue weighted by Gasteiger charge is 2.49. The molecule has 5 heteroatoms. The zero-order valence-electron chi connectivity index (χ0n) is 11.7. The van der Waals surface area contributed by atoms with E-state index in [1.807, 2.05) is 0 Å². The van der Waals surface area contributed by atoms with Gasteiger partial charge in [0.15, 0.2) is 0 Å². The maximum absolute atomic E-state index is 12.3. The molecule has 1 heterocycles. The molecule has 108 valence electrons. The van der Waals surface area contributed by atoms with Crippen molar-refractivity contribution in [2.24, 2.45) is 11.8 Å². The maximum atomic E-state index is 12.3. The van der Waals surface area contributed by atoms with E-state index in [0.717, 1.165) is 25.7 Å². The number of fused-ring (bicyclic) bond motifs is 1. The van der Waals surface area contributed by atoms with Crippen molar-refractivity contribution in [3.63, 3.8) is 0 Å². The Bertz CT molecular complexity index is 342. The lowest BCUT2D eigenvalue weighted by Gasteiger charge is -2.27. The van der Waals surface area contributed by atoms with Gasteiger partial charge in [0.25, 0.3) is 0 Å². The lowest BCUT2D eigenvalue weighted by atomic mass is 9.81. The van der Waals surface area contributed by atoms with Crippen LogP contribution in [0.5, 0.6) is 0 Å². The van der Waals surface area contributed by atoms with E-state index in [0.29, 0.717) is 13.0 Å². The summed E-state index contributed by atoms with van der Waals surface area (Å²) in [7, 11) is 1.57. The fourth-order valence-electron chi connectivity index (χ4n) is 3.13. The minimum Gasteiger partial charge on any atom is -0.388 e. The molecule has 1 aliphatic heterocycles. The summed E-state index contributed by atoms with van der Waals surface area (Å²) >= 11 is 0. The van der Waals surface area contributed by atoms with Crippen LogP contribution < -0.4 is 0 Å². The molecule has 0 aromatic carbocycles. The molecular formula is C14H23NO4. The minimum atomic E-state index is -1.07. The molecule has 1 saturated carbocycles. The third kappa shape index (κ3) is 2.98. The van der Waals surface area contributed by atoms with Crippen LogP contribution in [-0.2, 0) is 14.3 Å². The van der Waals surface area contributed by atoms with Crippen molar-refractivity contribution in [3.8, 4) is 0 Å². The number of nitrogens with zero attached hydrogens (tertiary/aromatic N) is 1. The largest absolute Gasteiger partial charge is 0.388 e. The molecular weight excluding hydrogens is 246 g/mol. The summed E-state index contributed by atoms with van der Waals surface area (Å²) in [6, 6.07) is 0. The number of amides is 2. The van der Waals surface area contributed by atoms with Crippen molar-refractivity contribution in [2.75, 3.05) is 20.3 Å². The summed E-state index contributed by atoms with van der Waals surface area (Å²) in [6.45, 7) is 2.14. The number of carbonyl (C=O) groups excluding carboxylic acids is 2. The number of imide groups is 1. The first-order valence-corrected chi connectivity index (χ1v) is 7.03. The Balaban J connectivity index is 2.04. The number of methoxy groups -OCH3 is 1. The molecule has 2 rings (SSSR count). The van der Waals surface area contributed by atoms with E-state index in [2.05, 4.69) is 0 Å². The Morgan fingerprint density at radius 3 is 2.26 bits per heavy atom. The number of aliphatic hydroxyl groups is 1. The van der Waals surface area contributed by atoms with E-state index in [4.69, 9.17) is 4.74 Å². The van der Waals surface area contributed by atoms with Crippen LogP contribution in [0, 0.1) is 11.8 Å². The normalized spacial score (nSPS) is 30.4. The number of hydrogen-bond donors (Lipinski definition) is 1. The predicted molar refractivity (Wildman–Crippen MR) is 69.3 cm³/mol. The zero-order chi connectivity index (χ0) is 14.0. The topological polar surface area (TPSA) is 66.8 Å². The van der Waals surface area contributed by atoms with Crippen molar-refractivity contribution in [1.29, 1.82) is 0 Å². The number of carbonyl (C=O) groups is 2. The number of β-amino-alcohol motifs (C(OH)–C–C–N with tert-alkyl or cyclic N) is 1. The van der Waals surface area contributed by atoms with Crippen molar-refractivity contribution < 1.29 is 19.4 Å². The number of likely N-dealkylation sites (tertiary alicyclic amines) is 1. The van der Waals surface area contributed by atoms with E-state index in [1.54, 1.807) is 14.0 Å². The van der Waals surface area contributed by atoms with Gasteiger partial charge < -0.3 is 9.84 Å². The van der Waals surface area contributed by atoms with Crippen LogP contribution in [0.15, 0.2) is 0 Å². The minimum absolute atomic E-state index is 0.0844. The van der Waals surface area contributed by atoms with E-state index < -0.39 is 5.60 Å². The molecule has 1 N–H and O–H groups in total. The van der Waals surface area contributed by atoms with Gasteiger partial charge in [-0.15, -0.1) is 0 Å². The lowest BCUT2D eigenvalue weighted by molar-refractivity contribution is -0.144. The zero-order valence-corrected chi connectivity index (χ0v) is 11.7. The Hall–Kier alpha value is -0.940. The molecule has 0 aromatic heterocycles. The molecule has 2 aliphatic rings. The van der Waals surface area contributed by atoms with Gasteiger partial charge in [-0.05, 0) is 19.8 Å². The molecule has 0 bridgehead atoms. The SMILES string of the molecule is COCCC(C)(O)CN1C(=O)C2CCCCC2C1=O. The van der Waals surface area contributed by atoms with Crippen molar-refractivity contribution in [3.05, 3.63) is 0 Å². The average molecular weight is 269 g/mol. The van der Waals surface area contributed by atoms with Gasteiger partial charge in [0.05, 0.1) is 24.0 Å². The highest BCUT2D eigenvalue weighted by Crippen LogP contribution is 2.38. The Morgan fingerprint density at radius 2 is 1.79 bits per heavy atom. The van der Waals surface area contributed by atoms with Gasteiger partial charge in [0, 0.05) is 20.1 Å². The molecule has 5 nitrogen and oxygen atoms in total. The second-order valence-corrected chi connectivity index (χ2v) is 6.00. The van der Waals surface area contributed by atoms with Crippen LogP contribution in [0.4, 0.5) is 0 Å². The standard InChI is InChI=1S/C14H23NO4/c1-14(18,7-8-19-2)9-15-12(16)10-5-3-4-6-11(10)13(15)17/h10-11,18H,3-9H2,1-2H3. The molecule has 0 radical (unpaired) electrons. The van der Waals surface area contributed by atoms with E-state index in [-0.39, 0.29) is 30.2 Å². The highest BCUT2D eigenvalue weighted by molar-refractivity contribution is 6.05. The van der Waals surface area contributed by atoms with Crippen molar-refractivity contribution in [2.45, 2.75) is 44.6 Å². The molecule has 1 saturated heterocycles. The second kappa shape index (κ2) is 5.59. The molecule has 0 spiro atoms.